The minimum atomic E-state index is -0.607. The zero-order valence-corrected chi connectivity index (χ0v) is 9.98. The van der Waals surface area contributed by atoms with Crippen molar-refractivity contribution < 1.29 is 9.50 Å². The van der Waals surface area contributed by atoms with E-state index in [1.807, 2.05) is 0 Å². The van der Waals surface area contributed by atoms with Crippen LogP contribution in [0.25, 0.3) is 0 Å². The van der Waals surface area contributed by atoms with Gasteiger partial charge in [-0.2, -0.15) is 0 Å². The number of thioether (sulfide) groups is 1. The number of aliphatic hydroxyl groups excluding tert-OH is 1. The molecule has 1 atom stereocenters. The average Bonchev–Trinajstić information content (AvgIpc) is 2.20. The zero-order valence-electron chi connectivity index (χ0n) is 9.16. The molecule has 1 unspecified atom stereocenters. The van der Waals surface area contributed by atoms with Crippen molar-refractivity contribution in [3.63, 3.8) is 0 Å². The maximum absolute atomic E-state index is 13.0. The van der Waals surface area contributed by atoms with E-state index in [2.05, 4.69) is 6.92 Å². The summed E-state index contributed by atoms with van der Waals surface area (Å²) >= 11 is 1.68. The van der Waals surface area contributed by atoms with E-state index in [4.69, 9.17) is 0 Å². The van der Waals surface area contributed by atoms with Crippen LogP contribution in [-0.2, 0) is 0 Å². The van der Waals surface area contributed by atoms with Gasteiger partial charge in [-0.15, -0.1) is 11.8 Å². The van der Waals surface area contributed by atoms with Crippen LogP contribution in [-0.4, -0.2) is 10.9 Å². The van der Waals surface area contributed by atoms with Gasteiger partial charge in [0.05, 0.1) is 6.10 Å². The van der Waals surface area contributed by atoms with Crippen molar-refractivity contribution in [3.8, 4) is 0 Å². The van der Waals surface area contributed by atoms with Crippen molar-refractivity contribution in [2.24, 2.45) is 0 Å². The van der Waals surface area contributed by atoms with Crippen LogP contribution in [0.15, 0.2) is 23.1 Å². The molecule has 1 N–H and O–H groups in total. The third-order valence-electron chi connectivity index (χ3n) is 2.18. The number of unbranched alkanes of at least 4 members (excludes halogenated alkanes) is 1. The monoisotopic (exact) mass is 228 g/mol. The van der Waals surface area contributed by atoms with Gasteiger partial charge in [-0.05, 0) is 42.9 Å². The Morgan fingerprint density at radius 2 is 2.20 bits per heavy atom. The molecule has 1 aromatic rings. The molecule has 84 valence electrons. The molecule has 0 fully saturated rings. The van der Waals surface area contributed by atoms with E-state index in [1.165, 1.54) is 12.1 Å². The second-order valence-corrected chi connectivity index (χ2v) is 4.70. The molecular weight excluding hydrogens is 211 g/mol. The molecule has 0 aliphatic carbocycles. The molecule has 0 saturated carbocycles. The quantitative estimate of drug-likeness (QED) is 0.611. The molecule has 0 aliphatic rings. The van der Waals surface area contributed by atoms with Gasteiger partial charge >= 0.3 is 0 Å². The Morgan fingerprint density at radius 1 is 1.47 bits per heavy atom. The number of halogens is 1. The van der Waals surface area contributed by atoms with Gasteiger partial charge in [0.15, 0.2) is 0 Å². The highest BCUT2D eigenvalue weighted by atomic mass is 32.2. The van der Waals surface area contributed by atoms with Crippen LogP contribution in [0.1, 0.15) is 38.4 Å². The molecule has 0 saturated heterocycles. The summed E-state index contributed by atoms with van der Waals surface area (Å²) in [5.74, 6) is 0.729. The van der Waals surface area contributed by atoms with Gasteiger partial charge in [0.2, 0.25) is 0 Å². The van der Waals surface area contributed by atoms with Gasteiger partial charge in [-0.3, -0.25) is 0 Å². The van der Waals surface area contributed by atoms with Crippen molar-refractivity contribution in [2.45, 2.75) is 37.7 Å². The summed E-state index contributed by atoms with van der Waals surface area (Å²) in [7, 11) is 0. The first-order valence-electron chi connectivity index (χ1n) is 5.25. The van der Waals surface area contributed by atoms with Gasteiger partial charge in [0.25, 0.3) is 0 Å². The predicted octanol–water partition coefficient (Wildman–Crippen LogP) is 3.77. The van der Waals surface area contributed by atoms with E-state index in [-0.39, 0.29) is 5.82 Å². The molecule has 0 amide bonds. The third-order valence-corrected chi connectivity index (χ3v) is 3.35. The van der Waals surface area contributed by atoms with Crippen molar-refractivity contribution >= 4 is 11.8 Å². The molecule has 0 aromatic heterocycles. The molecule has 15 heavy (non-hydrogen) atoms. The number of hydrogen-bond acceptors (Lipinski definition) is 2. The second kappa shape index (κ2) is 6.13. The van der Waals surface area contributed by atoms with Crippen LogP contribution in [0.3, 0.4) is 0 Å². The van der Waals surface area contributed by atoms with E-state index >= 15 is 0 Å². The summed E-state index contributed by atoms with van der Waals surface area (Å²) in [6, 6.07) is 4.61. The van der Waals surface area contributed by atoms with E-state index in [0.29, 0.717) is 5.56 Å². The Hall–Kier alpha value is -0.540. The lowest BCUT2D eigenvalue weighted by Gasteiger charge is -2.11. The van der Waals surface area contributed by atoms with Gasteiger partial charge in [0, 0.05) is 4.90 Å². The lowest BCUT2D eigenvalue weighted by atomic mass is 10.1. The number of benzene rings is 1. The summed E-state index contributed by atoms with van der Waals surface area (Å²) < 4.78 is 13.0. The highest BCUT2D eigenvalue weighted by molar-refractivity contribution is 7.99. The normalized spacial score (nSPS) is 12.8. The number of rotatable bonds is 5. The van der Waals surface area contributed by atoms with Crippen molar-refractivity contribution in [2.75, 3.05) is 5.75 Å². The first kappa shape index (κ1) is 12.5. The van der Waals surface area contributed by atoms with Gasteiger partial charge in [0.1, 0.15) is 5.82 Å². The Labute approximate surface area is 94.7 Å². The first-order chi connectivity index (χ1) is 7.15. The Morgan fingerprint density at radius 3 is 2.80 bits per heavy atom. The van der Waals surface area contributed by atoms with Gasteiger partial charge in [-0.1, -0.05) is 13.3 Å². The average molecular weight is 228 g/mol. The minimum Gasteiger partial charge on any atom is -0.389 e. The van der Waals surface area contributed by atoms with Crippen LogP contribution in [0.4, 0.5) is 4.39 Å². The van der Waals surface area contributed by atoms with E-state index in [9.17, 15) is 9.50 Å². The fourth-order valence-corrected chi connectivity index (χ4v) is 2.52. The molecule has 1 nitrogen and oxygen atoms in total. The molecule has 0 spiro atoms. The number of aliphatic hydroxyl groups is 1. The summed E-state index contributed by atoms with van der Waals surface area (Å²) in [6.07, 6.45) is 1.68. The fourth-order valence-electron chi connectivity index (χ4n) is 1.30. The van der Waals surface area contributed by atoms with Crippen LogP contribution >= 0.6 is 11.8 Å². The van der Waals surface area contributed by atoms with Crippen LogP contribution in [0.5, 0.6) is 0 Å². The van der Waals surface area contributed by atoms with Gasteiger partial charge in [-0.25, -0.2) is 4.39 Å². The Balaban J connectivity index is 2.77. The molecule has 0 radical (unpaired) electrons. The molecule has 3 heteroatoms. The third kappa shape index (κ3) is 3.84. The van der Waals surface area contributed by atoms with Crippen molar-refractivity contribution in [1.29, 1.82) is 0 Å². The summed E-state index contributed by atoms with van der Waals surface area (Å²) in [4.78, 5) is 0.986. The van der Waals surface area contributed by atoms with E-state index < -0.39 is 6.10 Å². The summed E-state index contributed by atoms with van der Waals surface area (Å²) in [5.41, 5.74) is 0.691. The first-order valence-corrected chi connectivity index (χ1v) is 6.24. The van der Waals surface area contributed by atoms with E-state index in [0.717, 1.165) is 23.5 Å². The van der Waals surface area contributed by atoms with Crippen LogP contribution < -0.4 is 0 Å². The zero-order chi connectivity index (χ0) is 11.3. The summed E-state index contributed by atoms with van der Waals surface area (Å²) in [5, 5.41) is 9.51. The molecule has 0 heterocycles. The largest absolute Gasteiger partial charge is 0.389 e. The highest BCUT2D eigenvalue weighted by Gasteiger charge is 2.09. The fraction of sp³-hybridized carbons (Fsp3) is 0.500. The van der Waals surface area contributed by atoms with Crippen LogP contribution in [0, 0.1) is 5.82 Å². The molecule has 0 bridgehead atoms. The summed E-state index contributed by atoms with van der Waals surface area (Å²) in [6.45, 7) is 3.81. The predicted molar refractivity (Wildman–Crippen MR) is 62.7 cm³/mol. The SMILES string of the molecule is CCCCSc1ccc(F)cc1C(C)O. The number of hydrogen-bond donors (Lipinski definition) is 1. The lowest BCUT2D eigenvalue weighted by Crippen LogP contribution is -1.95. The molecule has 1 aromatic carbocycles. The molecule has 0 aliphatic heterocycles. The van der Waals surface area contributed by atoms with Crippen molar-refractivity contribution in [1.82, 2.24) is 0 Å². The smallest absolute Gasteiger partial charge is 0.123 e. The Bertz CT molecular complexity index is 312. The maximum atomic E-state index is 13.0. The van der Waals surface area contributed by atoms with E-state index in [1.54, 1.807) is 24.8 Å². The van der Waals surface area contributed by atoms with Gasteiger partial charge < -0.3 is 5.11 Å². The molecular formula is C12H17FOS. The topological polar surface area (TPSA) is 20.2 Å². The highest BCUT2D eigenvalue weighted by Crippen LogP contribution is 2.28. The molecule has 1 rings (SSSR count). The Kier molecular flexibility index (Phi) is 5.12. The second-order valence-electron chi connectivity index (χ2n) is 3.56. The maximum Gasteiger partial charge on any atom is 0.123 e. The minimum absolute atomic E-state index is 0.286. The standard InChI is InChI=1S/C12H17FOS/c1-3-4-7-15-12-6-5-10(13)8-11(12)9(2)14/h5-6,8-9,14H,3-4,7H2,1-2H3. The van der Waals surface area contributed by atoms with Crippen LogP contribution in [0.2, 0.25) is 0 Å². The lowest BCUT2D eigenvalue weighted by molar-refractivity contribution is 0.196. The van der Waals surface area contributed by atoms with Crippen molar-refractivity contribution in [3.05, 3.63) is 29.6 Å².